The molecule has 0 amide bonds. The first-order valence-corrected chi connectivity index (χ1v) is 33.8. The van der Waals surface area contributed by atoms with Crippen molar-refractivity contribution in [2.24, 2.45) is 0 Å². The van der Waals surface area contributed by atoms with Crippen LogP contribution < -0.4 is 0 Å². The molecule has 0 saturated carbocycles. The van der Waals surface area contributed by atoms with Gasteiger partial charge in [0.1, 0.15) is 13.2 Å². The molecule has 0 bridgehead atoms. The van der Waals surface area contributed by atoms with E-state index in [0.717, 1.165) is 154 Å². The Balaban J connectivity index is 4.22. The monoisotopic (exact) mass is 1130 g/mol. The van der Waals surface area contributed by atoms with E-state index in [9.17, 15) is 14.4 Å². The van der Waals surface area contributed by atoms with Crippen molar-refractivity contribution in [2.75, 3.05) is 13.2 Å². The van der Waals surface area contributed by atoms with Crippen LogP contribution in [0.1, 0.15) is 297 Å². The second kappa shape index (κ2) is 68.8. The van der Waals surface area contributed by atoms with Gasteiger partial charge in [-0.15, -0.1) is 0 Å². The van der Waals surface area contributed by atoms with Crippen LogP contribution in [0.2, 0.25) is 0 Å². The molecule has 6 nitrogen and oxygen atoms in total. The molecule has 0 fully saturated rings. The van der Waals surface area contributed by atoms with Crippen molar-refractivity contribution < 1.29 is 28.6 Å². The Morgan fingerprint density at radius 2 is 0.476 bits per heavy atom. The van der Waals surface area contributed by atoms with Crippen LogP contribution in [0.4, 0.5) is 0 Å². The van der Waals surface area contributed by atoms with Crippen LogP contribution in [0.3, 0.4) is 0 Å². The van der Waals surface area contributed by atoms with Gasteiger partial charge in [-0.05, 0) is 122 Å². The lowest BCUT2D eigenvalue weighted by atomic mass is 10.1. The zero-order valence-electron chi connectivity index (χ0n) is 53.2. The lowest BCUT2D eigenvalue weighted by Crippen LogP contribution is -2.30. The standard InChI is InChI=1S/C76H124O6/c1-4-7-10-13-16-19-22-24-26-28-30-31-32-33-34-35-36-37-38-39-40-41-42-43-44-45-47-48-50-52-54-57-60-63-66-69-75(78)81-72-73(71-80-74(77)68-65-62-59-56-21-18-15-12-9-6-3)82-76(79)70-67-64-61-58-55-53-51-49-46-29-27-25-23-20-17-14-11-8-5-2/h7-8,10-11,16-17,19-20,24-27,30-31,33-34,36-37,39-40,42-43,46,49,73H,4-6,9,12-15,18,21-23,28-29,32,35,38,41,44-45,47-48,50-72H2,1-3H3/b10-7-,11-8-,19-16-,20-17-,26-24-,27-25-,31-30-,34-33-,37-36-,40-39-,43-42-,49-46-. The minimum atomic E-state index is -0.791. The maximum absolute atomic E-state index is 12.9. The number of hydrogen-bond acceptors (Lipinski definition) is 6. The zero-order valence-corrected chi connectivity index (χ0v) is 53.2. The van der Waals surface area contributed by atoms with Crippen molar-refractivity contribution in [3.8, 4) is 0 Å². The molecule has 0 saturated heterocycles. The van der Waals surface area contributed by atoms with Crippen molar-refractivity contribution in [3.05, 3.63) is 146 Å². The van der Waals surface area contributed by atoms with Gasteiger partial charge < -0.3 is 14.2 Å². The molecule has 0 aliphatic carbocycles. The predicted octanol–water partition coefficient (Wildman–Crippen LogP) is 23.5. The summed E-state index contributed by atoms with van der Waals surface area (Å²) in [5.74, 6) is -0.903. The van der Waals surface area contributed by atoms with Crippen LogP contribution in [0.25, 0.3) is 0 Å². The molecular formula is C76H124O6. The van der Waals surface area contributed by atoms with Gasteiger partial charge in [-0.1, -0.05) is 301 Å². The maximum Gasteiger partial charge on any atom is 0.306 e. The van der Waals surface area contributed by atoms with Gasteiger partial charge in [0.15, 0.2) is 6.10 Å². The fourth-order valence-corrected chi connectivity index (χ4v) is 9.10. The summed E-state index contributed by atoms with van der Waals surface area (Å²) in [6.45, 7) is 6.39. The first kappa shape index (κ1) is 77.3. The summed E-state index contributed by atoms with van der Waals surface area (Å²) < 4.78 is 16.9. The van der Waals surface area contributed by atoms with Crippen LogP contribution in [-0.4, -0.2) is 37.2 Å². The number of unbranched alkanes of at least 4 members (excludes halogenated alkanes) is 25. The molecule has 0 aromatic rings. The Kier molecular flexibility index (Phi) is 64.8. The summed E-state index contributed by atoms with van der Waals surface area (Å²) in [6.07, 6.45) is 98.7. The van der Waals surface area contributed by atoms with Gasteiger partial charge in [0.05, 0.1) is 0 Å². The molecule has 0 aliphatic heterocycles. The summed E-state index contributed by atoms with van der Waals surface area (Å²) in [7, 11) is 0. The van der Waals surface area contributed by atoms with Gasteiger partial charge >= 0.3 is 17.9 Å². The van der Waals surface area contributed by atoms with Gasteiger partial charge in [-0.3, -0.25) is 14.4 Å². The fourth-order valence-electron chi connectivity index (χ4n) is 9.10. The molecule has 0 aliphatic rings. The highest BCUT2D eigenvalue weighted by molar-refractivity contribution is 5.71. The smallest absolute Gasteiger partial charge is 0.306 e. The SMILES string of the molecule is CC/C=C\C/C=C\C/C=C\C/C=C\C/C=C\C/C=C\C/C=C\C/C=C\CCCCCCCCCCCCC(=O)OCC(COC(=O)CCCCCCCCCCCC)OC(=O)CCCCCCCC/C=C\C/C=C\C/C=C\C/C=C\CC. The number of carbonyl (C=O) groups excluding carboxylic acids is 3. The summed E-state index contributed by atoms with van der Waals surface area (Å²) in [4.78, 5) is 38.3. The van der Waals surface area contributed by atoms with Gasteiger partial charge in [-0.25, -0.2) is 0 Å². The second-order valence-electron chi connectivity index (χ2n) is 22.0. The van der Waals surface area contributed by atoms with Crippen LogP contribution in [-0.2, 0) is 28.6 Å². The third kappa shape index (κ3) is 66.1. The van der Waals surface area contributed by atoms with E-state index in [0.29, 0.717) is 19.3 Å². The molecule has 82 heavy (non-hydrogen) atoms. The first-order chi connectivity index (χ1) is 40.5. The summed E-state index contributed by atoms with van der Waals surface area (Å²) in [6, 6.07) is 0. The van der Waals surface area contributed by atoms with Gasteiger partial charge in [0.25, 0.3) is 0 Å². The molecule has 6 heteroatoms. The topological polar surface area (TPSA) is 78.9 Å². The number of esters is 3. The molecule has 0 heterocycles. The Morgan fingerprint density at radius 3 is 0.744 bits per heavy atom. The molecule has 0 radical (unpaired) electrons. The van der Waals surface area contributed by atoms with Crippen LogP contribution in [0.5, 0.6) is 0 Å². The quantitative estimate of drug-likeness (QED) is 0.0261. The van der Waals surface area contributed by atoms with Crippen molar-refractivity contribution in [1.82, 2.24) is 0 Å². The average molecular weight is 1130 g/mol. The second-order valence-corrected chi connectivity index (χ2v) is 22.0. The molecule has 0 N–H and O–H groups in total. The number of rotatable bonds is 60. The summed E-state index contributed by atoms with van der Waals surface area (Å²) in [5, 5.41) is 0. The van der Waals surface area contributed by atoms with E-state index < -0.39 is 6.10 Å². The lowest BCUT2D eigenvalue weighted by Gasteiger charge is -2.18. The minimum Gasteiger partial charge on any atom is -0.462 e. The Hall–Kier alpha value is -4.71. The summed E-state index contributed by atoms with van der Waals surface area (Å²) >= 11 is 0. The Labute approximate surface area is 506 Å². The zero-order chi connectivity index (χ0) is 59.2. The van der Waals surface area contributed by atoms with Crippen LogP contribution in [0, 0.1) is 0 Å². The highest BCUT2D eigenvalue weighted by Crippen LogP contribution is 2.16. The molecule has 464 valence electrons. The van der Waals surface area contributed by atoms with Crippen LogP contribution >= 0.6 is 0 Å². The van der Waals surface area contributed by atoms with Gasteiger partial charge in [-0.2, -0.15) is 0 Å². The highest BCUT2D eigenvalue weighted by Gasteiger charge is 2.19. The van der Waals surface area contributed by atoms with E-state index in [1.54, 1.807) is 0 Å². The van der Waals surface area contributed by atoms with Crippen molar-refractivity contribution in [1.29, 1.82) is 0 Å². The van der Waals surface area contributed by atoms with E-state index in [-0.39, 0.29) is 31.1 Å². The molecule has 0 aromatic heterocycles. The highest BCUT2D eigenvalue weighted by atomic mass is 16.6. The summed E-state index contributed by atoms with van der Waals surface area (Å²) in [5.41, 5.74) is 0. The molecule has 0 spiro atoms. The first-order valence-electron chi connectivity index (χ1n) is 33.8. The van der Waals surface area contributed by atoms with E-state index >= 15 is 0 Å². The van der Waals surface area contributed by atoms with Crippen molar-refractivity contribution in [3.63, 3.8) is 0 Å². The number of allylic oxidation sites excluding steroid dienone is 24. The van der Waals surface area contributed by atoms with Gasteiger partial charge in [0, 0.05) is 19.3 Å². The largest absolute Gasteiger partial charge is 0.462 e. The van der Waals surface area contributed by atoms with Crippen LogP contribution in [0.15, 0.2) is 146 Å². The molecule has 1 atom stereocenters. The fraction of sp³-hybridized carbons (Fsp3) is 0.645. The predicted molar refractivity (Wildman–Crippen MR) is 357 cm³/mol. The maximum atomic E-state index is 12.9. The van der Waals surface area contributed by atoms with Gasteiger partial charge in [0.2, 0.25) is 0 Å². The molecule has 0 rings (SSSR count). The average Bonchev–Trinajstić information content (AvgIpc) is 3.48. The lowest BCUT2D eigenvalue weighted by molar-refractivity contribution is -0.167. The van der Waals surface area contributed by atoms with E-state index in [1.165, 1.54) is 103 Å². The molecule has 0 aromatic carbocycles. The number of ether oxygens (including phenoxy) is 3. The van der Waals surface area contributed by atoms with E-state index in [1.807, 2.05) is 0 Å². The van der Waals surface area contributed by atoms with E-state index in [2.05, 4.69) is 167 Å². The molecule has 1 unspecified atom stereocenters. The number of hydrogen-bond donors (Lipinski definition) is 0. The number of carbonyl (C=O) groups is 3. The Bertz CT molecular complexity index is 1780. The van der Waals surface area contributed by atoms with Crippen molar-refractivity contribution >= 4 is 17.9 Å². The van der Waals surface area contributed by atoms with Crippen molar-refractivity contribution in [2.45, 2.75) is 303 Å². The molecular weight excluding hydrogens is 1010 g/mol. The minimum absolute atomic E-state index is 0.0862. The third-order valence-corrected chi connectivity index (χ3v) is 14.1. The normalized spacial score (nSPS) is 13.1. The third-order valence-electron chi connectivity index (χ3n) is 14.1. The van der Waals surface area contributed by atoms with E-state index in [4.69, 9.17) is 14.2 Å². The Morgan fingerprint density at radius 1 is 0.256 bits per heavy atom.